The Kier molecular flexibility index (Phi) is 4.11. The number of hydrogen-bond acceptors (Lipinski definition) is 2. The molecule has 1 aliphatic carbocycles. The Morgan fingerprint density at radius 2 is 2.06 bits per heavy atom. The van der Waals surface area contributed by atoms with Crippen LogP contribution in [0, 0.1) is 17.1 Å². The van der Waals surface area contributed by atoms with E-state index in [0.29, 0.717) is 12.7 Å². The summed E-state index contributed by atoms with van der Waals surface area (Å²) in [7, 11) is 0. The van der Waals surface area contributed by atoms with E-state index in [2.05, 4.69) is 0 Å². The summed E-state index contributed by atoms with van der Waals surface area (Å²) in [5.41, 5.74) is 0.961. The van der Waals surface area contributed by atoms with Crippen molar-refractivity contribution in [3.05, 3.63) is 35.1 Å². The molecule has 3 heteroatoms. The van der Waals surface area contributed by atoms with Crippen molar-refractivity contribution in [1.82, 2.24) is 0 Å². The zero-order valence-electron chi connectivity index (χ0n) is 9.79. The third kappa shape index (κ3) is 3.28. The van der Waals surface area contributed by atoms with Crippen LogP contribution in [0.15, 0.2) is 18.2 Å². The average molecular weight is 233 g/mol. The van der Waals surface area contributed by atoms with Gasteiger partial charge in [-0.3, -0.25) is 0 Å². The van der Waals surface area contributed by atoms with Crippen LogP contribution in [-0.4, -0.2) is 6.10 Å². The smallest absolute Gasteiger partial charge is 0.140 e. The number of benzene rings is 1. The number of ether oxygens (including phenoxy) is 1. The molecule has 1 saturated carbocycles. The van der Waals surface area contributed by atoms with Crippen LogP contribution in [0.2, 0.25) is 0 Å². The van der Waals surface area contributed by atoms with Crippen LogP contribution < -0.4 is 0 Å². The highest BCUT2D eigenvalue weighted by Gasteiger charge is 2.13. The first-order valence-electron chi connectivity index (χ1n) is 6.10. The van der Waals surface area contributed by atoms with Gasteiger partial charge in [0.05, 0.1) is 18.3 Å². The molecule has 17 heavy (non-hydrogen) atoms. The largest absolute Gasteiger partial charge is 0.374 e. The molecule has 1 fully saturated rings. The highest BCUT2D eigenvalue weighted by atomic mass is 19.1. The number of nitriles is 1. The van der Waals surface area contributed by atoms with Crippen molar-refractivity contribution in [2.45, 2.75) is 44.8 Å². The summed E-state index contributed by atoms with van der Waals surface area (Å²) < 4.78 is 18.9. The number of rotatable bonds is 3. The van der Waals surface area contributed by atoms with Crippen molar-refractivity contribution in [2.24, 2.45) is 0 Å². The molecule has 0 bridgehead atoms. The van der Waals surface area contributed by atoms with Crippen LogP contribution >= 0.6 is 0 Å². The molecule has 1 aliphatic rings. The fourth-order valence-electron chi connectivity index (χ4n) is 2.19. The fourth-order valence-corrected chi connectivity index (χ4v) is 2.19. The molecule has 0 aromatic heterocycles. The van der Waals surface area contributed by atoms with E-state index in [1.54, 1.807) is 12.1 Å². The maximum atomic E-state index is 13.1. The molecule has 0 saturated heterocycles. The Balaban J connectivity index is 1.92. The zero-order chi connectivity index (χ0) is 12.1. The third-order valence-corrected chi connectivity index (χ3v) is 3.19. The van der Waals surface area contributed by atoms with Crippen molar-refractivity contribution >= 4 is 0 Å². The Morgan fingerprint density at radius 3 is 2.76 bits per heavy atom. The summed E-state index contributed by atoms with van der Waals surface area (Å²) in [4.78, 5) is 0. The normalized spacial score (nSPS) is 16.7. The lowest BCUT2D eigenvalue weighted by molar-refractivity contribution is 0.0168. The summed E-state index contributed by atoms with van der Waals surface area (Å²) in [6.07, 6.45) is 6.34. The first-order chi connectivity index (χ1) is 8.29. The maximum Gasteiger partial charge on any atom is 0.140 e. The van der Waals surface area contributed by atoms with E-state index in [0.717, 1.165) is 18.4 Å². The first kappa shape index (κ1) is 12.1. The van der Waals surface area contributed by atoms with Gasteiger partial charge in [-0.2, -0.15) is 5.26 Å². The molecule has 0 aliphatic heterocycles. The van der Waals surface area contributed by atoms with E-state index in [9.17, 15) is 4.39 Å². The Bertz CT molecular complexity index is 419. The lowest BCUT2D eigenvalue weighted by Crippen LogP contribution is -2.16. The molecule has 0 unspecified atom stereocenters. The number of hydrogen-bond donors (Lipinski definition) is 0. The molecular formula is C14H16FNO. The Labute approximate surface area is 101 Å². The second-order valence-electron chi connectivity index (χ2n) is 4.50. The molecule has 0 spiro atoms. The fraction of sp³-hybridized carbons (Fsp3) is 0.500. The van der Waals surface area contributed by atoms with Crippen molar-refractivity contribution < 1.29 is 9.13 Å². The maximum absolute atomic E-state index is 13.1. The quantitative estimate of drug-likeness (QED) is 0.799. The van der Waals surface area contributed by atoms with Gasteiger partial charge in [0.15, 0.2) is 0 Å². The summed E-state index contributed by atoms with van der Waals surface area (Å²) in [5.74, 6) is -0.464. The van der Waals surface area contributed by atoms with Crippen LogP contribution in [0.5, 0.6) is 0 Å². The predicted molar refractivity (Wildman–Crippen MR) is 62.8 cm³/mol. The van der Waals surface area contributed by atoms with E-state index in [-0.39, 0.29) is 5.56 Å². The SMILES string of the molecule is N#Cc1cc(COC2CCCCC2)ccc1F. The van der Waals surface area contributed by atoms with Gasteiger partial charge in [-0.25, -0.2) is 4.39 Å². The minimum Gasteiger partial charge on any atom is -0.374 e. The van der Waals surface area contributed by atoms with Gasteiger partial charge >= 0.3 is 0 Å². The molecule has 0 amide bonds. The highest BCUT2D eigenvalue weighted by Crippen LogP contribution is 2.21. The topological polar surface area (TPSA) is 33.0 Å². The van der Waals surface area contributed by atoms with Gasteiger partial charge in [0.2, 0.25) is 0 Å². The van der Waals surface area contributed by atoms with Gasteiger partial charge in [0.1, 0.15) is 11.9 Å². The van der Waals surface area contributed by atoms with E-state index >= 15 is 0 Å². The second-order valence-corrected chi connectivity index (χ2v) is 4.50. The summed E-state index contributed by atoms with van der Waals surface area (Å²) in [6, 6.07) is 6.42. The molecule has 0 radical (unpaired) electrons. The van der Waals surface area contributed by atoms with Crippen LogP contribution in [0.1, 0.15) is 43.2 Å². The van der Waals surface area contributed by atoms with Gasteiger partial charge in [-0.05, 0) is 30.5 Å². The van der Waals surface area contributed by atoms with Crippen molar-refractivity contribution in [3.8, 4) is 6.07 Å². The van der Waals surface area contributed by atoms with E-state index in [1.807, 2.05) is 6.07 Å². The Hall–Kier alpha value is -1.40. The van der Waals surface area contributed by atoms with Gasteiger partial charge in [-0.15, -0.1) is 0 Å². The van der Waals surface area contributed by atoms with E-state index in [4.69, 9.17) is 10.00 Å². The molecule has 0 heterocycles. The molecule has 0 atom stereocenters. The van der Waals surface area contributed by atoms with Gasteiger partial charge in [0, 0.05) is 0 Å². The molecular weight excluding hydrogens is 217 g/mol. The monoisotopic (exact) mass is 233 g/mol. The lowest BCUT2D eigenvalue weighted by Gasteiger charge is -2.22. The van der Waals surface area contributed by atoms with E-state index < -0.39 is 5.82 Å². The molecule has 2 nitrogen and oxygen atoms in total. The standard InChI is InChI=1S/C14H16FNO/c15-14-7-6-11(8-12(14)9-16)10-17-13-4-2-1-3-5-13/h6-8,13H,1-5,10H2. The highest BCUT2D eigenvalue weighted by molar-refractivity contribution is 5.34. The van der Waals surface area contributed by atoms with E-state index in [1.165, 1.54) is 25.3 Å². The molecule has 1 aromatic carbocycles. The number of halogens is 1. The van der Waals surface area contributed by atoms with Crippen molar-refractivity contribution in [1.29, 1.82) is 5.26 Å². The first-order valence-corrected chi connectivity index (χ1v) is 6.10. The van der Waals surface area contributed by atoms with Gasteiger partial charge in [0.25, 0.3) is 0 Å². The average Bonchev–Trinajstić information content (AvgIpc) is 2.39. The second kappa shape index (κ2) is 5.79. The molecule has 0 N–H and O–H groups in total. The van der Waals surface area contributed by atoms with Crippen molar-refractivity contribution in [2.75, 3.05) is 0 Å². The third-order valence-electron chi connectivity index (χ3n) is 3.19. The zero-order valence-corrected chi connectivity index (χ0v) is 9.79. The lowest BCUT2D eigenvalue weighted by atomic mass is 9.98. The summed E-state index contributed by atoms with van der Waals surface area (Å²) in [6.45, 7) is 0.472. The summed E-state index contributed by atoms with van der Waals surface area (Å²) in [5, 5.41) is 8.73. The molecule has 1 aromatic rings. The summed E-state index contributed by atoms with van der Waals surface area (Å²) >= 11 is 0. The Morgan fingerprint density at radius 1 is 1.29 bits per heavy atom. The van der Waals surface area contributed by atoms with Gasteiger partial charge in [-0.1, -0.05) is 25.3 Å². The van der Waals surface area contributed by atoms with Crippen molar-refractivity contribution in [3.63, 3.8) is 0 Å². The van der Waals surface area contributed by atoms with Crippen LogP contribution in [0.25, 0.3) is 0 Å². The van der Waals surface area contributed by atoms with Crippen LogP contribution in [0.4, 0.5) is 4.39 Å². The molecule has 90 valence electrons. The van der Waals surface area contributed by atoms with Crippen LogP contribution in [0.3, 0.4) is 0 Å². The predicted octanol–water partition coefficient (Wildman–Crippen LogP) is 3.55. The number of nitrogens with zero attached hydrogens (tertiary/aromatic N) is 1. The minimum absolute atomic E-state index is 0.0924. The molecule has 2 rings (SSSR count). The van der Waals surface area contributed by atoms with Gasteiger partial charge < -0.3 is 4.74 Å². The minimum atomic E-state index is -0.464. The van der Waals surface area contributed by atoms with Crippen LogP contribution in [-0.2, 0) is 11.3 Å².